The lowest BCUT2D eigenvalue weighted by Gasteiger charge is -2.13. The second-order valence-corrected chi connectivity index (χ2v) is 5.54. The normalized spacial score (nSPS) is 10.2. The molecule has 0 aliphatic heterocycles. The quantitative estimate of drug-likeness (QED) is 0.696. The van der Waals surface area contributed by atoms with Crippen molar-refractivity contribution in [3.63, 3.8) is 0 Å². The Morgan fingerprint density at radius 1 is 1.13 bits per heavy atom. The Kier molecular flexibility index (Phi) is 6.76. The average Bonchev–Trinajstić information content (AvgIpc) is 2.56. The predicted octanol–water partition coefficient (Wildman–Crippen LogP) is 4.57. The number of rotatable bonds is 8. The number of amides is 1. The van der Waals surface area contributed by atoms with Gasteiger partial charge >= 0.3 is 0 Å². The first-order chi connectivity index (χ1) is 11.2. The zero-order valence-corrected chi connectivity index (χ0v) is 13.9. The van der Waals surface area contributed by atoms with E-state index in [4.69, 9.17) is 16.3 Å². The largest absolute Gasteiger partial charge is 0.491 e. The molecule has 0 aliphatic carbocycles. The lowest BCUT2D eigenvalue weighted by molar-refractivity contribution is -0.114. The molecular formula is C18H21ClN2O2. The van der Waals surface area contributed by atoms with E-state index < -0.39 is 0 Å². The van der Waals surface area contributed by atoms with Crippen molar-refractivity contribution in [3.8, 4) is 5.75 Å². The number of para-hydroxylation sites is 2. The van der Waals surface area contributed by atoms with Crippen molar-refractivity contribution in [2.75, 3.05) is 23.8 Å². The summed E-state index contributed by atoms with van der Waals surface area (Å²) in [5.74, 6) is 0.562. The van der Waals surface area contributed by atoms with E-state index in [1.165, 1.54) is 0 Å². The number of halogens is 1. The molecule has 0 saturated carbocycles. The van der Waals surface area contributed by atoms with Gasteiger partial charge in [-0.3, -0.25) is 4.79 Å². The van der Waals surface area contributed by atoms with Gasteiger partial charge in [-0.05, 0) is 42.8 Å². The first-order valence-electron chi connectivity index (χ1n) is 7.70. The van der Waals surface area contributed by atoms with Crippen LogP contribution in [0.15, 0.2) is 48.5 Å². The summed E-state index contributed by atoms with van der Waals surface area (Å²) in [6.07, 6.45) is 2.06. The molecule has 2 rings (SSSR count). The highest BCUT2D eigenvalue weighted by Crippen LogP contribution is 2.24. The van der Waals surface area contributed by atoms with Gasteiger partial charge in [0.15, 0.2) is 0 Å². The second-order valence-electron chi connectivity index (χ2n) is 5.11. The van der Waals surface area contributed by atoms with Crippen molar-refractivity contribution in [2.24, 2.45) is 0 Å². The van der Waals surface area contributed by atoms with E-state index in [2.05, 4.69) is 17.6 Å². The fourth-order valence-corrected chi connectivity index (χ4v) is 2.09. The molecule has 0 unspecified atom stereocenters. The summed E-state index contributed by atoms with van der Waals surface area (Å²) < 4.78 is 5.70. The summed E-state index contributed by atoms with van der Waals surface area (Å²) in [5.41, 5.74) is 1.53. The first-order valence-corrected chi connectivity index (χ1v) is 8.08. The van der Waals surface area contributed by atoms with Crippen LogP contribution < -0.4 is 15.4 Å². The SMILES string of the molecule is CCCCOc1ccccc1NC(=O)CNc1ccc(Cl)cc1. The molecule has 0 bridgehead atoms. The van der Waals surface area contributed by atoms with Crippen LogP contribution in [-0.4, -0.2) is 19.1 Å². The second kappa shape index (κ2) is 9.06. The molecule has 0 aliphatic rings. The van der Waals surface area contributed by atoms with Crippen molar-refractivity contribution in [2.45, 2.75) is 19.8 Å². The highest BCUT2D eigenvalue weighted by molar-refractivity contribution is 6.30. The lowest BCUT2D eigenvalue weighted by atomic mass is 10.3. The van der Waals surface area contributed by atoms with Crippen LogP contribution in [0.25, 0.3) is 0 Å². The molecule has 5 heteroatoms. The molecule has 23 heavy (non-hydrogen) atoms. The zero-order valence-electron chi connectivity index (χ0n) is 13.1. The summed E-state index contributed by atoms with van der Waals surface area (Å²) in [4.78, 5) is 12.1. The van der Waals surface area contributed by atoms with Crippen LogP contribution in [0.1, 0.15) is 19.8 Å². The highest BCUT2D eigenvalue weighted by atomic mass is 35.5. The predicted molar refractivity (Wildman–Crippen MR) is 95.4 cm³/mol. The minimum absolute atomic E-state index is 0.133. The number of unbranched alkanes of at least 4 members (excludes halogenated alkanes) is 1. The number of hydrogen-bond acceptors (Lipinski definition) is 3. The molecule has 0 saturated heterocycles. The average molecular weight is 333 g/mol. The number of carbonyl (C=O) groups excluding carboxylic acids is 1. The molecule has 2 N–H and O–H groups in total. The topological polar surface area (TPSA) is 50.4 Å². The molecule has 0 atom stereocenters. The minimum Gasteiger partial charge on any atom is -0.491 e. The van der Waals surface area contributed by atoms with Crippen molar-refractivity contribution in [1.82, 2.24) is 0 Å². The van der Waals surface area contributed by atoms with Gasteiger partial charge in [-0.25, -0.2) is 0 Å². The van der Waals surface area contributed by atoms with Gasteiger partial charge in [-0.15, -0.1) is 0 Å². The molecule has 0 fully saturated rings. The van der Waals surface area contributed by atoms with Crippen LogP contribution in [0.4, 0.5) is 11.4 Å². The molecule has 0 heterocycles. The van der Waals surface area contributed by atoms with Crippen LogP contribution in [-0.2, 0) is 4.79 Å². The standard InChI is InChI=1S/C18H21ClN2O2/c1-2-3-12-23-17-7-5-4-6-16(17)21-18(22)13-20-15-10-8-14(19)9-11-15/h4-11,20H,2-3,12-13H2,1H3,(H,21,22). The van der Waals surface area contributed by atoms with Gasteiger partial charge in [0.05, 0.1) is 18.8 Å². The van der Waals surface area contributed by atoms with E-state index >= 15 is 0 Å². The maximum absolute atomic E-state index is 12.1. The third-order valence-electron chi connectivity index (χ3n) is 3.21. The molecule has 0 spiro atoms. The number of benzene rings is 2. The maximum atomic E-state index is 12.1. The van der Waals surface area contributed by atoms with Gasteiger partial charge in [0.25, 0.3) is 0 Å². The first kappa shape index (κ1) is 17.2. The summed E-state index contributed by atoms with van der Waals surface area (Å²) >= 11 is 5.83. The Balaban J connectivity index is 1.88. The maximum Gasteiger partial charge on any atom is 0.243 e. The van der Waals surface area contributed by atoms with E-state index in [-0.39, 0.29) is 12.5 Å². The number of anilines is 2. The van der Waals surface area contributed by atoms with Gasteiger partial charge in [-0.1, -0.05) is 37.1 Å². The van der Waals surface area contributed by atoms with Crippen LogP contribution in [0.3, 0.4) is 0 Å². The van der Waals surface area contributed by atoms with Gasteiger partial charge < -0.3 is 15.4 Å². The third kappa shape index (κ3) is 5.83. The molecule has 122 valence electrons. The smallest absolute Gasteiger partial charge is 0.243 e. The zero-order chi connectivity index (χ0) is 16.5. The Labute approximate surface area is 141 Å². The monoisotopic (exact) mass is 332 g/mol. The molecule has 2 aromatic rings. The van der Waals surface area contributed by atoms with E-state index in [1.807, 2.05) is 36.4 Å². The molecule has 2 aromatic carbocycles. The molecule has 4 nitrogen and oxygen atoms in total. The summed E-state index contributed by atoms with van der Waals surface area (Å²) in [6, 6.07) is 14.7. The van der Waals surface area contributed by atoms with Gasteiger partial charge in [-0.2, -0.15) is 0 Å². The minimum atomic E-state index is -0.133. The van der Waals surface area contributed by atoms with Crippen molar-refractivity contribution >= 4 is 28.9 Å². The van der Waals surface area contributed by atoms with E-state index in [1.54, 1.807) is 12.1 Å². The van der Waals surface area contributed by atoms with Crippen molar-refractivity contribution < 1.29 is 9.53 Å². The Morgan fingerprint density at radius 3 is 2.61 bits per heavy atom. The van der Waals surface area contributed by atoms with Gasteiger partial charge in [0, 0.05) is 10.7 Å². The Bertz CT molecular complexity index is 629. The summed E-state index contributed by atoms with van der Waals surface area (Å²) in [6.45, 7) is 2.93. The van der Waals surface area contributed by atoms with Crippen LogP contribution in [0.5, 0.6) is 5.75 Å². The fourth-order valence-electron chi connectivity index (χ4n) is 1.97. The van der Waals surface area contributed by atoms with E-state index in [9.17, 15) is 4.79 Å². The molecule has 1 amide bonds. The number of nitrogens with one attached hydrogen (secondary N) is 2. The number of ether oxygens (including phenoxy) is 1. The number of carbonyl (C=O) groups is 1. The number of hydrogen-bond donors (Lipinski definition) is 2. The summed E-state index contributed by atoms with van der Waals surface area (Å²) in [5, 5.41) is 6.58. The van der Waals surface area contributed by atoms with Crippen LogP contribution in [0.2, 0.25) is 5.02 Å². The summed E-state index contributed by atoms with van der Waals surface area (Å²) in [7, 11) is 0. The van der Waals surface area contributed by atoms with Gasteiger partial charge in [0.2, 0.25) is 5.91 Å². The van der Waals surface area contributed by atoms with E-state index in [0.717, 1.165) is 18.5 Å². The molecule has 0 aromatic heterocycles. The highest BCUT2D eigenvalue weighted by Gasteiger charge is 2.07. The molecule has 0 radical (unpaired) electrons. The van der Waals surface area contributed by atoms with Crippen molar-refractivity contribution in [1.29, 1.82) is 0 Å². The van der Waals surface area contributed by atoms with Crippen molar-refractivity contribution in [3.05, 3.63) is 53.6 Å². The van der Waals surface area contributed by atoms with Crippen LogP contribution in [0, 0.1) is 0 Å². The fraction of sp³-hybridized carbons (Fsp3) is 0.278. The Hall–Kier alpha value is -2.20. The molecular weight excluding hydrogens is 312 g/mol. The van der Waals surface area contributed by atoms with E-state index in [0.29, 0.717) is 23.1 Å². The Morgan fingerprint density at radius 2 is 1.87 bits per heavy atom. The van der Waals surface area contributed by atoms with Crippen LogP contribution >= 0.6 is 11.6 Å². The lowest BCUT2D eigenvalue weighted by Crippen LogP contribution is -2.22. The third-order valence-corrected chi connectivity index (χ3v) is 3.47. The van der Waals surface area contributed by atoms with Gasteiger partial charge in [0.1, 0.15) is 5.75 Å².